The van der Waals surface area contributed by atoms with Crippen LogP contribution in [-0.2, 0) is 20.1 Å². The van der Waals surface area contributed by atoms with Gasteiger partial charge in [0.25, 0.3) is 0 Å². The highest BCUT2D eigenvalue weighted by atomic mass is 16.5. The van der Waals surface area contributed by atoms with Gasteiger partial charge in [-0.3, -0.25) is 4.68 Å². The molecule has 19 heavy (non-hydrogen) atoms. The second-order valence-electron chi connectivity index (χ2n) is 4.75. The first-order valence-electron chi connectivity index (χ1n) is 6.60. The molecule has 0 bridgehead atoms. The Balaban J connectivity index is 1.99. The van der Waals surface area contributed by atoms with E-state index in [-0.39, 0.29) is 6.04 Å². The van der Waals surface area contributed by atoms with Gasteiger partial charge in [0.15, 0.2) is 0 Å². The van der Waals surface area contributed by atoms with Gasteiger partial charge in [0.1, 0.15) is 12.4 Å². The molecule has 0 radical (unpaired) electrons. The van der Waals surface area contributed by atoms with E-state index in [2.05, 4.69) is 18.1 Å². The van der Waals surface area contributed by atoms with Crippen molar-refractivity contribution in [3.63, 3.8) is 0 Å². The monoisotopic (exact) mass is 259 g/mol. The van der Waals surface area contributed by atoms with Crippen molar-refractivity contribution in [2.45, 2.75) is 32.9 Å². The lowest BCUT2D eigenvalue weighted by atomic mass is 10.1. The fourth-order valence-corrected chi connectivity index (χ4v) is 1.90. The number of hydrogen-bond acceptors (Lipinski definition) is 3. The Hall–Kier alpha value is -1.81. The van der Waals surface area contributed by atoms with Gasteiger partial charge in [0.2, 0.25) is 0 Å². The van der Waals surface area contributed by atoms with E-state index in [4.69, 9.17) is 10.5 Å². The highest BCUT2D eigenvalue weighted by Gasteiger charge is 2.05. The first-order valence-corrected chi connectivity index (χ1v) is 6.60. The molecular weight excluding hydrogens is 238 g/mol. The fraction of sp³-hybridized carbons (Fsp3) is 0.400. The molecule has 1 heterocycles. The van der Waals surface area contributed by atoms with Gasteiger partial charge in [0.05, 0.1) is 11.4 Å². The predicted molar refractivity (Wildman–Crippen MR) is 76.0 cm³/mol. The quantitative estimate of drug-likeness (QED) is 0.898. The molecule has 0 aliphatic rings. The van der Waals surface area contributed by atoms with E-state index < -0.39 is 0 Å². The molecule has 102 valence electrons. The highest BCUT2D eigenvalue weighted by Crippen LogP contribution is 2.17. The van der Waals surface area contributed by atoms with Gasteiger partial charge in [-0.1, -0.05) is 19.1 Å². The molecule has 2 rings (SSSR count). The molecule has 0 saturated heterocycles. The third-order valence-corrected chi connectivity index (χ3v) is 3.18. The number of aryl methyl sites for hydroxylation is 2. The van der Waals surface area contributed by atoms with Crippen LogP contribution in [0.2, 0.25) is 0 Å². The Morgan fingerprint density at radius 2 is 2.00 bits per heavy atom. The zero-order valence-electron chi connectivity index (χ0n) is 11.8. The highest BCUT2D eigenvalue weighted by molar-refractivity contribution is 5.29. The van der Waals surface area contributed by atoms with E-state index in [1.165, 1.54) is 0 Å². The Labute approximate surface area is 114 Å². The first-order chi connectivity index (χ1) is 9.10. The molecule has 1 aromatic heterocycles. The van der Waals surface area contributed by atoms with Crippen molar-refractivity contribution in [3.8, 4) is 5.75 Å². The van der Waals surface area contributed by atoms with Crippen molar-refractivity contribution in [2.75, 3.05) is 0 Å². The number of rotatable bonds is 5. The molecule has 1 unspecified atom stereocenters. The van der Waals surface area contributed by atoms with Crippen LogP contribution in [0.25, 0.3) is 0 Å². The van der Waals surface area contributed by atoms with Gasteiger partial charge < -0.3 is 10.5 Å². The van der Waals surface area contributed by atoms with E-state index >= 15 is 0 Å². The number of hydrogen-bond donors (Lipinski definition) is 1. The maximum absolute atomic E-state index is 5.81. The molecule has 1 atom stereocenters. The van der Waals surface area contributed by atoms with Crippen LogP contribution in [0.3, 0.4) is 0 Å². The van der Waals surface area contributed by atoms with Crippen LogP contribution >= 0.6 is 0 Å². The van der Waals surface area contributed by atoms with E-state index in [9.17, 15) is 0 Å². The van der Waals surface area contributed by atoms with Crippen LogP contribution in [0.1, 0.15) is 36.8 Å². The molecule has 4 nitrogen and oxygen atoms in total. The minimum Gasteiger partial charge on any atom is -0.487 e. The Morgan fingerprint density at radius 1 is 1.32 bits per heavy atom. The van der Waals surface area contributed by atoms with Crippen molar-refractivity contribution in [2.24, 2.45) is 12.8 Å². The summed E-state index contributed by atoms with van der Waals surface area (Å²) in [7, 11) is 1.94. The van der Waals surface area contributed by atoms with Crippen molar-refractivity contribution >= 4 is 0 Å². The molecule has 0 aliphatic heterocycles. The summed E-state index contributed by atoms with van der Waals surface area (Å²) in [5, 5.41) is 4.40. The standard InChI is InChI=1S/C15H21N3O/c1-4-13-9-14(18(3)17-13)10-19-15-7-5-12(6-8-15)11(2)16/h5-9,11H,4,10,16H2,1-3H3. The molecule has 2 N–H and O–H groups in total. The SMILES string of the molecule is CCc1cc(COc2ccc(C(C)N)cc2)n(C)n1. The van der Waals surface area contributed by atoms with Crippen molar-refractivity contribution in [1.82, 2.24) is 9.78 Å². The summed E-state index contributed by atoms with van der Waals surface area (Å²) in [6, 6.07) is 10.0. The van der Waals surface area contributed by atoms with Gasteiger partial charge in [0, 0.05) is 13.1 Å². The molecule has 0 aliphatic carbocycles. The summed E-state index contributed by atoms with van der Waals surface area (Å²) in [6.07, 6.45) is 0.941. The number of ether oxygens (including phenoxy) is 1. The van der Waals surface area contributed by atoms with Crippen LogP contribution in [0.4, 0.5) is 0 Å². The summed E-state index contributed by atoms with van der Waals surface area (Å²) in [6.45, 7) is 4.60. The third-order valence-electron chi connectivity index (χ3n) is 3.18. The summed E-state index contributed by atoms with van der Waals surface area (Å²) >= 11 is 0. The van der Waals surface area contributed by atoms with Crippen LogP contribution in [-0.4, -0.2) is 9.78 Å². The Bertz CT molecular complexity index is 529. The maximum atomic E-state index is 5.81. The van der Waals surface area contributed by atoms with Crippen molar-refractivity contribution in [3.05, 3.63) is 47.3 Å². The molecule has 4 heteroatoms. The minimum absolute atomic E-state index is 0.0539. The van der Waals surface area contributed by atoms with E-state index in [1.54, 1.807) is 0 Å². The van der Waals surface area contributed by atoms with Crippen molar-refractivity contribution < 1.29 is 4.74 Å². The van der Waals surface area contributed by atoms with Gasteiger partial charge in [-0.25, -0.2) is 0 Å². The molecule has 0 spiro atoms. The van der Waals surface area contributed by atoms with Gasteiger partial charge >= 0.3 is 0 Å². The van der Waals surface area contributed by atoms with Crippen LogP contribution in [0.5, 0.6) is 5.75 Å². The zero-order chi connectivity index (χ0) is 13.8. The second-order valence-corrected chi connectivity index (χ2v) is 4.75. The van der Waals surface area contributed by atoms with Gasteiger partial charge in [-0.15, -0.1) is 0 Å². The summed E-state index contributed by atoms with van der Waals surface area (Å²) in [5.74, 6) is 0.851. The number of nitrogens with zero attached hydrogens (tertiary/aromatic N) is 2. The predicted octanol–water partition coefficient (Wildman–Crippen LogP) is 2.58. The summed E-state index contributed by atoms with van der Waals surface area (Å²) in [5.41, 5.74) is 9.09. The number of benzene rings is 1. The molecule has 0 fully saturated rings. The lowest BCUT2D eigenvalue weighted by molar-refractivity contribution is 0.295. The molecule has 0 amide bonds. The smallest absolute Gasteiger partial charge is 0.130 e. The van der Waals surface area contributed by atoms with Gasteiger partial charge in [-0.2, -0.15) is 5.10 Å². The number of aromatic nitrogens is 2. The number of nitrogens with two attached hydrogens (primary N) is 1. The van der Waals surface area contributed by atoms with Crippen LogP contribution in [0.15, 0.2) is 30.3 Å². The van der Waals surface area contributed by atoms with Crippen LogP contribution < -0.4 is 10.5 Å². The lowest BCUT2D eigenvalue weighted by Gasteiger charge is -2.09. The minimum atomic E-state index is 0.0539. The maximum Gasteiger partial charge on any atom is 0.130 e. The van der Waals surface area contributed by atoms with Gasteiger partial charge in [-0.05, 0) is 37.1 Å². The van der Waals surface area contributed by atoms with E-state index in [0.29, 0.717) is 6.61 Å². The van der Waals surface area contributed by atoms with Crippen molar-refractivity contribution in [1.29, 1.82) is 0 Å². The average Bonchev–Trinajstić information content (AvgIpc) is 2.77. The Morgan fingerprint density at radius 3 is 2.53 bits per heavy atom. The lowest BCUT2D eigenvalue weighted by Crippen LogP contribution is -2.05. The topological polar surface area (TPSA) is 53.1 Å². The average molecular weight is 259 g/mol. The zero-order valence-corrected chi connectivity index (χ0v) is 11.8. The van der Waals surface area contributed by atoms with E-state index in [0.717, 1.165) is 29.1 Å². The second kappa shape index (κ2) is 5.89. The molecule has 2 aromatic rings. The normalized spacial score (nSPS) is 12.4. The fourth-order valence-electron chi connectivity index (χ4n) is 1.90. The summed E-state index contributed by atoms with van der Waals surface area (Å²) in [4.78, 5) is 0. The first kappa shape index (κ1) is 13.6. The molecule has 0 saturated carbocycles. The largest absolute Gasteiger partial charge is 0.487 e. The molecular formula is C15H21N3O. The Kier molecular flexibility index (Phi) is 4.22. The van der Waals surface area contributed by atoms with E-state index in [1.807, 2.05) is 42.9 Å². The molecule has 1 aromatic carbocycles. The third kappa shape index (κ3) is 3.35. The summed E-state index contributed by atoms with van der Waals surface area (Å²) < 4.78 is 7.63. The van der Waals surface area contributed by atoms with Crippen LogP contribution in [0, 0.1) is 0 Å².